The maximum absolute atomic E-state index is 9.38. The van der Waals surface area contributed by atoms with Crippen LogP contribution in [0.4, 0.5) is 5.95 Å². The minimum absolute atomic E-state index is 0.0360. The van der Waals surface area contributed by atoms with Gasteiger partial charge < -0.3 is 10.4 Å². The summed E-state index contributed by atoms with van der Waals surface area (Å²) in [7, 11) is 0. The Labute approximate surface area is 114 Å². The molecule has 0 aliphatic rings. The molecule has 18 heavy (non-hydrogen) atoms. The summed E-state index contributed by atoms with van der Waals surface area (Å²) >= 11 is 3.28. The van der Waals surface area contributed by atoms with Crippen molar-refractivity contribution in [3.05, 3.63) is 52.8 Å². The molecule has 0 amide bonds. The second kappa shape index (κ2) is 6.47. The molecule has 1 atom stereocenters. The van der Waals surface area contributed by atoms with E-state index >= 15 is 0 Å². The zero-order valence-corrected chi connectivity index (χ0v) is 11.3. The van der Waals surface area contributed by atoms with E-state index in [2.05, 4.69) is 31.2 Å². The van der Waals surface area contributed by atoms with Gasteiger partial charge in [-0.05, 0) is 27.9 Å². The normalized spacial score (nSPS) is 12.1. The van der Waals surface area contributed by atoms with Gasteiger partial charge in [0.15, 0.2) is 0 Å². The van der Waals surface area contributed by atoms with Gasteiger partial charge in [0.25, 0.3) is 0 Å². The standard InChI is InChI=1S/C13H14BrN3O/c14-11-7-15-13(16-8-11)17-12(9-18)6-10-4-2-1-3-5-10/h1-5,7-8,12,18H,6,9H2,(H,15,16,17). The average molecular weight is 308 g/mol. The number of nitrogens with one attached hydrogen (secondary N) is 1. The van der Waals surface area contributed by atoms with Gasteiger partial charge in [0, 0.05) is 12.4 Å². The van der Waals surface area contributed by atoms with Gasteiger partial charge in [-0.2, -0.15) is 0 Å². The maximum Gasteiger partial charge on any atom is 0.222 e. The molecule has 1 unspecified atom stereocenters. The van der Waals surface area contributed by atoms with E-state index in [1.165, 1.54) is 5.56 Å². The van der Waals surface area contributed by atoms with Crippen LogP contribution in [0.5, 0.6) is 0 Å². The molecule has 0 saturated carbocycles. The first-order valence-corrected chi connectivity index (χ1v) is 6.46. The number of halogens is 1. The molecule has 0 saturated heterocycles. The van der Waals surface area contributed by atoms with Crippen molar-refractivity contribution in [2.24, 2.45) is 0 Å². The Balaban J connectivity index is 1.99. The van der Waals surface area contributed by atoms with Crippen molar-refractivity contribution in [2.75, 3.05) is 11.9 Å². The van der Waals surface area contributed by atoms with Gasteiger partial charge in [-0.3, -0.25) is 0 Å². The minimum Gasteiger partial charge on any atom is -0.394 e. The van der Waals surface area contributed by atoms with Gasteiger partial charge in [-0.25, -0.2) is 9.97 Å². The van der Waals surface area contributed by atoms with Crippen molar-refractivity contribution in [1.29, 1.82) is 0 Å². The SMILES string of the molecule is OCC(Cc1ccccc1)Nc1ncc(Br)cn1. The molecule has 0 fully saturated rings. The highest BCUT2D eigenvalue weighted by Crippen LogP contribution is 2.10. The summed E-state index contributed by atoms with van der Waals surface area (Å²) < 4.78 is 0.830. The van der Waals surface area contributed by atoms with Crippen LogP contribution in [-0.2, 0) is 6.42 Å². The minimum atomic E-state index is -0.0893. The first-order chi connectivity index (χ1) is 8.78. The topological polar surface area (TPSA) is 58.0 Å². The number of aromatic nitrogens is 2. The van der Waals surface area contributed by atoms with Crippen molar-refractivity contribution in [3.63, 3.8) is 0 Å². The summed E-state index contributed by atoms with van der Waals surface area (Å²) in [4.78, 5) is 8.25. The molecular formula is C13H14BrN3O. The van der Waals surface area contributed by atoms with Crippen molar-refractivity contribution >= 4 is 21.9 Å². The van der Waals surface area contributed by atoms with E-state index in [1.54, 1.807) is 12.4 Å². The van der Waals surface area contributed by atoms with E-state index in [0.717, 1.165) is 10.9 Å². The van der Waals surface area contributed by atoms with Crippen LogP contribution >= 0.6 is 15.9 Å². The number of hydrogen-bond donors (Lipinski definition) is 2. The summed E-state index contributed by atoms with van der Waals surface area (Å²) in [5.41, 5.74) is 1.17. The number of anilines is 1. The van der Waals surface area contributed by atoms with E-state index in [4.69, 9.17) is 0 Å². The molecule has 1 aromatic carbocycles. The monoisotopic (exact) mass is 307 g/mol. The van der Waals surface area contributed by atoms with Crippen molar-refractivity contribution in [2.45, 2.75) is 12.5 Å². The number of benzene rings is 1. The smallest absolute Gasteiger partial charge is 0.222 e. The van der Waals surface area contributed by atoms with Crippen LogP contribution in [0.25, 0.3) is 0 Å². The molecule has 4 nitrogen and oxygen atoms in total. The third kappa shape index (κ3) is 3.78. The lowest BCUT2D eigenvalue weighted by atomic mass is 10.1. The number of aliphatic hydroxyl groups is 1. The van der Waals surface area contributed by atoms with E-state index in [1.807, 2.05) is 30.3 Å². The average Bonchev–Trinajstić information content (AvgIpc) is 2.41. The Morgan fingerprint density at radius 1 is 1.17 bits per heavy atom. The molecule has 2 rings (SSSR count). The molecular weight excluding hydrogens is 294 g/mol. The van der Waals surface area contributed by atoms with Gasteiger partial charge in [0.1, 0.15) is 0 Å². The number of rotatable bonds is 5. The van der Waals surface area contributed by atoms with Gasteiger partial charge in [-0.15, -0.1) is 0 Å². The summed E-state index contributed by atoms with van der Waals surface area (Å²) in [5.74, 6) is 0.521. The molecule has 0 radical (unpaired) electrons. The summed E-state index contributed by atoms with van der Waals surface area (Å²) in [6.07, 6.45) is 4.08. The van der Waals surface area contributed by atoms with Gasteiger partial charge >= 0.3 is 0 Å². The molecule has 0 spiro atoms. The Morgan fingerprint density at radius 3 is 2.44 bits per heavy atom. The third-order valence-electron chi connectivity index (χ3n) is 2.50. The Hall–Kier alpha value is -1.46. The van der Waals surface area contributed by atoms with Gasteiger partial charge in [0.05, 0.1) is 17.1 Å². The molecule has 2 N–H and O–H groups in total. The van der Waals surface area contributed by atoms with E-state index < -0.39 is 0 Å². The fourth-order valence-electron chi connectivity index (χ4n) is 1.63. The molecule has 5 heteroatoms. The van der Waals surface area contributed by atoms with Crippen LogP contribution in [0.15, 0.2) is 47.2 Å². The fourth-order valence-corrected chi connectivity index (χ4v) is 1.83. The third-order valence-corrected chi connectivity index (χ3v) is 2.91. The summed E-state index contributed by atoms with van der Waals surface area (Å²) in [6, 6.07) is 9.93. The van der Waals surface area contributed by atoms with Gasteiger partial charge in [-0.1, -0.05) is 30.3 Å². The van der Waals surface area contributed by atoms with Crippen LogP contribution in [0.1, 0.15) is 5.56 Å². The highest BCUT2D eigenvalue weighted by atomic mass is 79.9. The van der Waals surface area contributed by atoms with E-state index in [0.29, 0.717) is 5.95 Å². The predicted octanol–water partition coefficient (Wildman–Crippen LogP) is 2.25. The Bertz CT molecular complexity index is 475. The lowest BCUT2D eigenvalue weighted by Gasteiger charge is -2.16. The summed E-state index contributed by atoms with van der Waals surface area (Å²) in [5, 5.41) is 12.5. The lowest BCUT2D eigenvalue weighted by molar-refractivity contribution is 0.273. The molecule has 0 bridgehead atoms. The summed E-state index contributed by atoms with van der Waals surface area (Å²) in [6.45, 7) is 0.0360. The zero-order chi connectivity index (χ0) is 12.8. The van der Waals surface area contributed by atoms with E-state index in [-0.39, 0.29) is 12.6 Å². The van der Waals surface area contributed by atoms with Crippen LogP contribution in [0, 0.1) is 0 Å². The highest BCUT2D eigenvalue weighted by Gasteiger charge is 2.09. The van der Waals surface area contributed by atoms with Crippen LogP contribution in [0.2, 0.25) is 0 Å². The second-order valence-electron chi connectivity index (χ2n) is 3.94. The fraction of sp³-hybridized carbons (Fsp3) is 0.231. The Morgan fingerprint density at radius 2 is 1.83 bits per heavy atom. The lowest BCUT2D eigenvalue weighted by Crippen LogP contribution is -2.27. The molecule has 0 aliphatic heterocycles. The quantitative estimate of drug-likeness (QED) is 0.889. The van der Waals surface area contributed by atoms with Crippen LogP contribution in [0.3, 0.4) is 0 Å². The van der Waals surface area contributed by atoms with Crippen molar-refractivity contribution in [1.82, 2.24) is 9.97 Å². The van der Waals surface area contributed by atoms with Gasteiger partial charge in [0.2, 0.25) is 5.95 Å². The van der Waals surface area contributed by atoms with Crippen LogP contribution < -0.4 is 5.32 Å². The highest BCUT2D eigenvalue weighted by molar-refractivity contribution is 9.10. The molecule has 94 valence electrons. The second-order valence-corrected chi connectivity index (χ2v) is 4.85. The first-order valence-electron chi connectivity index (χ1n) is 5.67. The van der Waals surface area contributed by atoms with E-state index in [9.17, 15) is 5.11 Å². The molecule has 1 heterocycles. The predicted molar refractivity (Wildman–Crippen MR) is 74.4 cm³/mol. The molecule has 0 aliphatic carbocycles. The number of nitrogens with zero attached hydrogens (tertiary/aromatic N) is 2. The first kappa shape index (κ1) is 13.0. The molecule has 1 aromatic heterocycles. The molecule has 2 aromatic rings. The Kier molecular flexibility index (Phi) is 4.66. The number of aliphatic hydroxyl groups excluding tert-OH is 1. The largest absolute Gasteiger partial charge is 0.394 e. The van der Waals surface area contributed by atoms with Crippen LogP contribution in [-0.4, -0.2) is 27.7 Å². The van der Waals surface area contributed by atoms with Crippen molar-refractivity contribution in [3.8, 4) is 0 Å². The van der Waals surface area contributed by atoms with Crippen molar-refractivity contribution < 1.29 is 5.11 Å². The zero-order valence-electron chi connectivity index (χ0n) is 9.75. The number of hydrogen-bond acceptors (Lipinski definition) is 4. The maximum atomic E-state index is 9.38.